The molecule has 1 atom stereocenters. The van der Waals surface area contributed by atoms with Crippen LogP contribution in [0.4, 0.5) is 18.9 Å². The number of para-hydroxylation sites is 1. The van der Waals surface area contributed by atoms with Crippen molar-refractivity contribution in [2.45, 2.75) is 51.7 Å². The van der Waals surface area contributed by atoms with Gasteiger partial charge in [-0.05, 0) is 40.7 Å². The fraction of sp³-hybridized carbons (Fsp3) is 0.310. The van der Waals surface area contributed by atoms with E-state index in [0.29, 0.717) is 23.8 Å². The van der Waals surface area contributed by atoms with Gasteiger partial charge in [-0.15, -0.1) is 0 Å². The van der Waals surface area contributed by atoms with Gasteiger partial charge in [0.2, 0.25) is 5.90 Å². The predicted molar refractivity (Wildman–Crippen MR) is 135 cm³/mol. The molecule has 0 unspecified atom stereocenters. The molecule has 0 bridgehead atoms. The maximum absolute atomic E-state index is 13.2. The molecular weight excluding hydrogens is 449 g/mol. The molecule has 0 saturated carbocycles. The second kappa shape index (κ2) is 10.1. The zero-order valence-corrected chi connectivity index (χ0v) is 20.3. The second-order valence-electron chi connectivity index (χ2n) is 9.30. The van der Waals surface area contributed by atoms with Crippen LogP contribution >= 0.6 is 0 Å². The first kappa shape index (κ1) is 24.7. The molecule has 0 saturated heterocycles. The van der Waals surface area contributed by atoms with E-state index >= 15 is 0 Å². The van der Waals surface area contributed by atoms with Crippen molar-refractivity contribution in [1.29, 1.82) is 0 Å². The number of hydrogen-bond acceptors (Lipinski definition) is 3. The monoisotopic (exact) mass is 478 g/mol. The molecule has 3 aromatic carbocycles. The molecule has 4 rings (SSSR count). The Kier molecular flexibility index (Phi) is 7.10. The van der Waals surface area contributed by atoms with Crippen molar-refractivity contribution in [1.82, 2.24) is 0 Å². The van der Waals surface area contributed by atoms with Gasteiger partial charge in [-0.2, -0.15) is 13.2 Å². The summed E-state index contributed by atoms with van der Waals surface area (Å²) in [7, 11) is 0. The highest BCUT2D eigenvalue weighted by atomic mass is 19.4. The van der Waals surface area contributed by atoms with Gasteiger partial charge in [0.05, 0.1) is 11.3 Å². The molecule has 1 aliphatic heterocycles. The van der Waals surface area contributed by atoms with E-state index in [4.69, 9.17) is 14.7 Å². The van der Waals surface area contributed by atoms with E-state index in [1.165, 1.54) is 12.1 Å². The Balaban J connectivity index is 1.88. The quantitative estimate of drug-likeness (QED) is 0.329. The molecule has 35 heavy (non-hydrogen) atoms. The Bertz CT molecular complexity index is 1200. The Morgan fingerprint density at radius 1 is 0.857 bits per heavy atom. The van der Waals surface area contributed by atoms with Gasteiger partial charge in [0.1, 0.15) is 18.4 Å². The SMILES string of the molecule is CC(C)c1cccc(C(C)C)c1N=C(C1=N[C@@H](c2ccccc2)CO1)c1ccc(C(F)(F)F)cc1. The minimum Gasteiger partial charge on any atom is -0.474 e. The fourth-order valence-corrected chi connectivity index (χ4v) is 4.15. The molecule has 6 heteroatoms. The van der Waals surface area contributed by atoms with Crippen LogP contribution in [0.1, 0.15) is 73.4 Å². The maximum Gasteiger partial charge on any atom is 0.416 e. The van der Waals surface area contributed by atoms with Gasteiger partial charge in [-0.25, -0.2) is 9.98 Å². The van der Waals surface area contributed by atoms with Gasteiger partial charge < -0.3 is 4.74 Å². The lowest BCUT2D eigenvalue weighted by Gasteiger charge is -2.18. The van der Waals surface area contributed by atoms with Gasteiger partial charge in [-0.3, -0.25) is 0 Å². The average molecular weight is 479 g/mol. The highest BCUT2D eigenvalue weighted by Gasteiger charge is 2.31. The van der Waals surface area contributed by atoms with Gasteiger partial charge in [0.15, 0.2) is 0 Å². The molecule has 0 radical (unpaired) electrons. The normalized spacial score (nSPS) is 16.5. The Labute approximate surface area is 204 Å². The van der Waals surface area contributed by atoms with Gasteiger partial charge >= 0.3 is 6.18 Å². The maximum atomic E-state index is 13.2. The predicted octanol–water partition coefficient (Wildman–Crippen LogP) is 8.24. The van der Waals surface area contributed by atoms with E-state index in [9.17, 15) is 13.2 Å². The largest absolute Gasteiger partial charge is 0.474 e. The summed E-state index contributed by atoms with van der Waals surface area (Å²) < 4.78 is 45.6. The average Bonchev–Trinajstić information content (AvgIpc) is 3.32. The number of aliphatic imine (C=N–C) groups is 2. The van der Waals surface area contributed by atoms with E-state index in [2.05, 4.69) is 27.7 Å². The molecule has 0 aliphatic carbocycles. The lowest BCUT2D eigenvalue weighted by atomic mass is 9.92. The zero-order chi connectivity index (χ0) is 25.2. The summed E-state index contributed by atoms with van der Waals surface area (Å²) >= 11 is 0. The lowest BCUT2D eigenvalue weighted by Crippen LogP contribution is -2.17. The minimum absolute atomic E-state index is 0.198. The van der Waals surface area contributed by atoms with Crippen molar-refractivity contribution in [2.24, 2.45) is 9.98 Å². The smallest absolute Gasteiger partial charge is 0.416 e. The van der Waals surface area contributed by atoms with Crippen molar-refractivity contribution >= 4 is 17.3 Å². The van der Waals surface area contributed by atoms with Crippen LogP contribution in [0.15, 0.2) is 82.8 Å². The van der Waals surface area contributed by atoms with Crippen LogP contribution in [0.25, 0.3) is 0 Å². The molecule has 0 aromatic heterocycles. The van der Waals surface area contributed by atoms with Crippen molar-refractivity contribution < 1.29 is 17.9 Å². The summed E-state index contributed by atoms with van der Waals surface area (Å²) in [6, 6.07) is 20.8. The summed E-state index contributed by atoms with van der Waals surface area (Å²) in [5.41, 5.74) is 4.23. The second-order valence-corrected chi connectivity index (χ2v) is 9.30. The minimum atomic E-state index is -4.41. The summed E-state index contributed by atoms with van der Waals surface area (Å²) in [6.07, 6.45) is -4.41. The molecule has 0 spiro atoms. The van der Waals surface area contributed by atoms with E-state index in [0.717, 1.165) is 34.5 Å². The number of nitrogens with zero attached hydrogens (tertiary/aromatic N) is 2. The first-order valence-corrected chi connectivity index (χ1v) is 11.8. The molecule has 3 nitrogen and oxygen atoms in total. The lowest BCUT2D eigenvalue weighted by molar-refractivity contribution is -0.137. The molecule has 1 aliphatic rings. The highest BCUT2D eigenvalue weighted by molar-refractivity contribution is 6.46. The molecule has 0 amide bonds. The third-order valence-electron chi connectivity index (χ3n) is 6.09. The number of rotatable bonds is 6. The first-order chi connectivity index (χ1) is 16.6. The summed E-state index contributed by atoms with van der Waals surface area (Å²) in [5, 5.41) is 0. The highest BCUT2D eigenvalue weighted by Crippen LogP contribution is 2.36. The molecule has 3 aromatic rings. The third-order valence-corrected chi connectivity index (χ3v) is 6.09. The summed E-state index contributed by atoms with van der Waals surface area (Å²) in [6.45, 7) is 8.76. The molecule has 182 valence electrons. The topological polar surface area (TPSA) is 34.0 Å². The Morgan fingerprint density at radius 3 is 2.00 bits per heavy atom. The van der Waals surface area contributed by atoms with Crippen molar-refractivity contribution in [2.75, 3.05) is 6.61 Å². The standard InChI is InChI=1S/C29H29F3N2O/c1-18(2)23-11-8-12-24(19(3)4)27(23)34-26(21-13-15-22(16-14-21)29(30,31)32)28-33-25(17-35-28)20-9-6-5-7-10-20/h5-16,18-19,25H,17H2,1-4H3/t25-/m1/s1. The van der Waals surface area contributed by atoms with Crippen LogP contribution in [-0.4, -0.2) is 18.2 Å². The van der Waals surface area contributed by atoms with Crippen LogP contribution in [0, 0.1) is 0 Å². The van der Waals surface area contributed by atoms with Gasteiger partial charge in [0, 0.05) is 5.56 Å². The van der Waals surface area contributed by atoms with Crippen molar-refractivity contribution in [3.63, 3.8) is 0 Å². The van der Waals surface area contributed by atoms with Gasteiger partial charge in [-0.1, -0.05) is 88.4 Å². The van der Waals surface area contributed by atoms with Crippen molar-refractivity contribution in [3.05, 3.63) is 101 Å². The van der Waals surface area contributed by atoms with E-state index < -0.39 is 11.7 Å². The van der Waals surface area contributed by atoms with E-state index in [1.807, 2.05) is 48.5 Å². The number of benzene rings is 3. The van der Waals surface area contributed by atoms with Crippen LogP contribution in [0.2, 0.25) is 0 Å². The molecule has 0 N–H and O–H groups in total. The summed E-state index contributed by atoms with van der Waals surface area (Å²) in [4.78, 5) is 9.85. The Hall–Kier alpha value is -3.41. The van der Waals surface area contributed by atoms with Crippen LogP contribution < -0.4 is 0 Å². The number of halogens is 3. The number of ether oxygens (including phenoxy) is 1. The zero-order valence-electron chi connectivity index (χ0n) is 20.3. The van der Waals surface area contributed by atoms with E-state index in [-0.39, 0.29) is 17.9 Å². The van der Waals surface area contributed by atoms with Crippen molar-refractivity contribution in [3.8, 4) is 0 Å². The fourth-order valence-electron chi connectivity index (χ4n) is 4.15. The Morgan fingerprint density at radius 2 is 1.46 bits per heavy atom. The molecular formula is C29H29F3N2O. The number of alkyl halides is 3. The number of hydrogen-bond donors (Lipinski definition) is 0. The summed E-state index contributed by atoms with van der Waals surface area (Å²) in [5.74, 6) is 0.765. The molecule has 0 fully saturated rings. The van der Waals surface area contributed by atoms with E-state index in [1.54, 1.807) is 0 Å². The van der Waals surface area contributed by atoms with Crippen LogP contribution in [0.5, 0.6) is 0 Å². The van der Waals surface area contributed by atoms with Crippen LogP contribution in [0.3, 0.4) is 0 Å². The van der Waals surface area contributed by atoms with Crippen LogP contribution in [-0.2, 0) is 10.9 Å². The molecule has 1 heterocycles. The van der Waals surface area contributed by atoms with Gasteiger partial charge in [0.25, 0.3) is 0 Å². The third kappa shape index (κ3) is 5.47. The first-order valence-electron chi connectivity index (χ1n) is 11.8.